The predicted molar refractivity (Wildman–Crippen MR) is 112 cm³/mol. The predicted octanol–water partition coefficient (Wildman–Crippen LogP) is 2.89. The normalized spacial score (nSPS) is 15.8. The van der Waals surface area contributed by atoms with Gasteiger partial charge < -0.3 is 19.9 Å². The van der Waals surface area contributed by atoms with Crippen molar-refractivity contribution in [1.82, 2.24) is 15.2 Å². The van der Waals surface area contributed by atoms with Gasteiger partial charge in [-0.1, -0.05) is 6.92 Å². The van der Waals surface area contributed by atoms with E-state index in [0.717, 1.165) is 23.2 Å². The van der Waals surface area contributed by atoms with Crippen molar-refractivity contribution in [2.24, 2.45) is 5.92 Å². The lowest BCUT2D eigenvalue weighted by molar-refractivity contribution is -0.135. The maximum atomic E-state index is 12.7. The molecular formula is C22H35N3O4. The average molecular weight is 406 g/mol. The molecule has 0 bridgehead atoms. The molecule has 1 aromatic heterocycles. The van der Waals surface area contributed by atoms with Gasteiger partial charge >= 0.3 is 5.97 Å². The number of rotatable bonds is 8. The summed E-state index contributed by atoms with van der Waals surface area (Å²) < 4.78 is 5.08. The first-order valence-electron chi connectivity index (χ1n) is 10.7. The molecule has 1 atom stereocenters. The number of aromatic amines is 1. The molecule has 1 saturated heterocycles. The lowest BCUT2D eigenvalue weighted by Crippen LogP contribution is -2.44. The van der Waals surface area contributed by atoms with Crippen LogP contribution in [-0.2, 0) is 20.7 Å². The van der Waals surface area contributed by atoms with Crippen molar-refractivity contribution in [2.45, 2.75) is 72.8 Å². The van der Waals surface area contributed by atoms with Crippen LogP contribution in [0, 0.1) is 19.8 Å². The highest BCUT2D eigenvalue weighted by molar-refractivity contribution is 5.90. The van der Waals surface area contributed by atoms with E-state index < -0.39 is 0 Å². The van der Waals surface area contributed by atoms with E-state index in [-0.39, 0.29) is 29.7 Å². The molecule has 0 spiro atoms. The molecule has 0 radical (unpaired) electrons. The Morgan fingerprint density at radius 1 is 1.21 bits per heavy atom. The zero-order valence-corrected chi connectivity index (χ0v) is 18.4. The molecule has 0 aromatic carbocycles. The molecule has 2 rings (SSSR count). The Morgan fingerprint density at radius 2 is 1.86 bits per heavy atom. The lowest BCUT2D eigenvalue weighted by atomic mass is 9.95. The molecule has 0 saturated carbocycles. The van der Waals surface area contributed by atoms with Crippen LogP contribution in [0.4, 0.5) is 0 Å². The number of ether oxygens (including phenoxy) is 1. The second kappa shape index (κ2) is 10.5. The van der Waals surface area contributed by atoms with Gasteiger partial charge in [-0.15, -0.1) is 0 Å². The van der Waals surface area contributed by atoms with Crippen molar-refractivity contribution in [3.05, 3.63) is 22.5 Å². The van der Waals surface area contributed by atoms with Gasteiger partial charge in [0.2, 0.25) is 11.8 Å². The first kappa shape index (κ1) is 23.0. The minimum atomic E-state index is -0.358. The van der Waals surface area contributed by atoms with E-state index in [4.69, 9.17) is 4.74 Å². The van der Waals surface area contributed by atoms with Crippen molar-refractivity contribution in [1.29, 1.82) is 0 Å². The molecule has 29 heavy (non-hydrogen) atoms. The summed E-state index contributed by atoms with van der Waals surface area (Å²) >= 11 is 0. The lowest BCUT2D eigenvalue weighted by Gasteiger charge is -2.32. The second-order valence-corrected chi connectivity index (χ2v) is 7.92. The Labute approximate surface area is 173 Å². The van der Waals surface area contributed by atoms with Crippen molar-refractivity contribution < 1.29 is 19.1 Å². The van der Waals surface area contributed by atoms with Gasteiger partial charge in [-0.25, -0.2) is 4.79 Å². The van der Waals surface area contributed by atoms with Gasteiger partial charge in [0.15, 0.2) is 0 Å². The van der Waals surface area contributed by atoms with Crippen LogP contribution >= 0.6 is 0 Å². The van der Waals surface area contributed by atoms with Crippen molar-refractivity contribution in [3.63, 3.8) is 0 Å². The first-order chi connectivity index (χ1) is 13.8. The number of nitrogens with one attached hydrogen (secondary N) is 2. The molecule has 2 amide bonds. The molecule has 162 valence electrons. The smallest absolute Gasteiger partial charge is 0.355 e. The third kappa shape index (κ3) is 5.84. The van der Waals surface area contributed by atoms with Gasteiger partial charge in [0.1, 0.15) is 5.69 Å². The first-order valence-corrected chi connectivity index (χ1v) is 10.7. The number of amides is 2. The van der Waals surface area contributed by atoms with Crippen molar-refractivity contribution >= 4 is 17.8 Å². The molecule has 7 heteroatoms. The number of carbonyl (C=O) groups excluding carboxylic acids is 3. The summed E-state index contributed by atoms with van der Waals surface area (Å²) in [5, 5.41) is 3.04. The quantitative estimate of drug-likeness (QED) is 0.651. The summed E-state index contributed by atoms with van der Waals surface area (Å²) in [6, 6.07) is 0.189. The van der Waals surface area contributed by atoms with E-state index in [1.165, 1.54) is 0 Å². The maximum absolute atomic E-state index is 12.7. The number of esters is 1. The summed E-state index contributed by atoms with van der Waals surface area (Å²) in [4.78, 5) is 41.9. The Kier molecular flexibility index (Phi) is 8.29. The topological polar surface area (TPSA) is 91.5 Å². The summed E-state index contributed by atoms with van der Waals surface area (Å²) in [6.07, 6.45) is 3.32. The fraction of sp³-hybridized carbons (Fsp3) is 0.682. The van der Waals surface area contributed by atoms with E-state index in [2.05, 4.69) is 17.2 Å². The summed E-state index contributed by atoms with van der Waals surface area (Å²) in [5.41, 5.74) is 3.23. The number of aromatic nitrogens is 1. The Balaban J connectivity index is 1.87. The number of nitrogens with zero attached hydrogens (tertiary/aromatic N) is 1. The number of aryl methyl sites for hydroxylation is 1. The molecule has 1 fully saturated rings. The second-order valence-electron chi connectivity index (χ2n) is 7.92. The minimum absolute atomic E-state index is 0.00523. The van der Waals surface area contributed by atoms with Crippen molar-refractivity contribution in [2.75, 3.05) is 19.7 Å². The highest BCUT2D eigenvalue weighted by Crippen LogP contribution is 2.22. The molecular weight excluding hydrogens is 370 g/mol. The van der Waals surface area contributed by atoms with Crippen LogP contribution in [0.3, 0.4) is 0 Å². The molecule has 2 heterocycles. The summed E-state index contributed by atoms with van der Waals surface area (Å²) in [7, 11) is 0. The number of hydrogen-bond acceptors (Lipinski definition) is 4. The molecule has 0 aliphatic carbocycles. The van der Waals surface area contributed by atoms with Crippen LogP contribution in [-0.4, -0.2) is 53.4 Å². The molecule has 1 aliphatic heterocycles. The van der Waals surface area contributed by atoms with E-state index in [1.807, 2.05) is 25.7 Å². The largest absolute Gasteiger partial charge is 0.461 e. The zero-order chi connectivity index (χ0) is 21.6. The van der Waals surface area contributed by atoms with Crippen LogP contribution in [0.5, 0.6) is 0 Å². The van der Waals surface area contributed by atoms with E-state index >= 15 is 0 Å². The maximum Gasteiger partial charge on any atom is 0.355 e. The van der Waals surface area contributed by atoms with Crippen molar-refractivity contribution in [3.8, 4) is 0 Å². The average Bonchev–Trinajstić information content (AvgIpc) is 3.00. The van der Waals surface area contributed by atoms with Crippen LogP contribution in [0.25, 0.3) is 0 Å². The Morgan fingerprint density at radius 3 is 2.45 bits per heavy atom. The summed E-state index contributed by atoms with van der Waals surface area (Å²) in [5.74, 6) is -0.155. The van der Waals surface area contributed by atoms with Gasteiger partial charge in [-0.05, 0) is 64.5 Å². The third-order valence-corrected chi connectivity index (χ3v) is 5.88. The number of likely N-dealkylation sites (tertiary alicyclic amines) is 1. The third-order valence-electron chi connectivity index (χ3n) is 5.88. The van der Waals surface area contributed by atoms with Crippen LogP contribution in [0.2, 0.25) is 0 Å². The molecule has 1 unspecified atom stereocenters. The molecule has 1 aliphatic rings. The fourth-order valence-corrected chi connectivity index (χ4v) is 3.82. The van der Waals surface area contributed by atoms with Crippen LogP contribution < -0.4 is 5.32 Å². The number of hydrogen-bond donors (Lipinski definition) is 2. The van der Waals surface area contributed by atoms with Crippen LogP contribution in [0.15, 0.2) is 0 Å². The summed E-state index contributed by atoms with van der Waals surface area (Å²) in [6.45, 7) is 11.2. The molecule has 2 N–H and O–H groups in total. The van der Waals surface area contributed by atoms with Gasteiger partial charge in [-0.3, -0.25) is 9.59 Å². The SMILES string of the molecule is CCOC(=O)c1[nH]c(C)c(CCC(=O)N2CCC(C(=O)NC(C)CC)CC2)c1C. The molecule has 7 nitrogen and oxygen atoms in total. The fourth-order valence-electron chi connectivity index (χ4n) is 3.82. The Bertz CT molecular complexity index is 733. The number of carbonyl (C=O) groups is 3. The Hall–Kier alpha value is -2.31. The van der Waals surface area contributed by atoms with E-state index in [1.54, 1.807) is 6.92 Å². The highest BCUT2D eigenvalue weighted by Gasteiger charge is 2.28. The monoisotopic (exact) mass is 405 g/mol. The van der Waals surface area contributed by atoms with E-state index in [0.29, 0.717) is 51.1 Å². The standard InChI is InChI=1S/C22H35N3O4/c1-6-14(3)23-21(27)17-10-12-25(13-11-17)19(26)9-8-18-15(4)20(24-16(18)5)22(28)29-7-2/h14,17,24H,6-13H2,1-5H3,(H,23,27). The van der Waals surface area contributed by atoms with E-state index in [9.17, 15) is 14.4 Å². The zero-order valence-electron chi connectivity index (χ0n) is 18.4. The van der Waals surface area contributed by atoms with Gasteiger partial charge in [0.25, 0.3) is 0 Å². The van der Waals surface area contributed by atoms with Gasteiger partial charge in [0.05, 0.1) is 6.61 Å². The highest BCUT2D eigenvalue weighted by atomic mass is 16.5. The van der Waals surface area contributed by atoms with Crippen LogP contribution in [0.1, 0.15) is 73.8 Å². The number of piperidine rings is 1. The van der Waals surface area contributed by atoms with Gasteiger partial charge in [-0.2, -0.15) is 0 Å². The molecule has 1 aromatic rings. The number of H-pyrrole nitrogens is 1. The minimum Gasteiger partial charge on any atom is -0.461 e. The van der Waals surface area contributed by atoms with Gasteiger partial charge in [0, 0.05) is 37.2 Å².